The number of hydrogen-bond acceptors (Lipinski definition) is 3. The van der Waals surface area contributed by atoms with E-state index >= 15 is 0 Å². The highest BCUT2D eigenvalue weighted by atomic mass is 79.9. The monoisotopic (exact) mass is 295 g/mol. The van der Waals surface area contributed by atoms with Crippen molar-refractivity contribution in [2.24, 2.45) is 0 Å². The second-order valence-corrected chi connectivity index (χ2v) is 6.07. The van der Waals surface area contributed by atoms with Crippen LogP contribution in [0.15, 0.2) is 22.9 Å². The molecule has 0 spiro atoms. The minimum absolute atomic E-state index is 0.584. The zero-order valence-corrected chi connectivity index (χ0v) is 11.7. The molecule has 2 fully saturated rings. The SMILES string of the molecule is CC1CN2CCCC2CN1c1cncc(Br)c1. The summed E-state index contributed by atoms with van der Waals surface area (Å²) in [5.41, 5.74) is 1.25. The Morgan fingerprint density at radius 3 is 3.06 bits per heavy atom. The van der Waals surface area contributed by atoms with Gasteiger partial charge in [-0.2, -0.15) is 0 Å². The lowest BCUT2D eigenvalue weighted by Crippen LogP contribution is -2.55. The van der Waals surface area contributed by atoms with E-state index in [1.54, 1.807) is 0 Å². The molecule has 92 valence electrons. The van der Waals surface area contributed by atoms with Gasteiger partial charge in [0.25, 0.3) is 0 Å². The number of hydrogen-bond donors (Lipinski definition) is 0. The lowest BCUT2D eigenvalue weighted by Gasteiger charge is -2.43. The molecule has 0 aliphatic carbocycles. The van der Waals surface area contributed by atoms with Gasteiger partial charge in [0.1, 0.15) is 0 Å². The summed E-state index contributed by atoms with van der Waals surface area (Å²) in [6.07, 6.45) is 6.54. The Morgan fingerprint density at radius 2 is 2.24 bits per heavy atom. The first kappa shape index (κ1) is 11.5. The Labute approximate surface area is 111 Å². The summed E-state index contributed by atoms with van der Waals surface area (Å²) in [5, 5.41) is 0. The van der Waals surface area contributed by atoms with Crippen molar-refractivity contribution in [1.82, 2.24) is 9.88 Å². The highest BCUT2D eigenvalue weighted by Gasteiger charge is 2.34. The number of piperazine rings is 1. The second kappa shape index (κ2) is 4.58. The van der Waals surface area contributed by atoms with E-state index in [0.29, 0.717) is 6.04 Å². The van der Waals surface area contributed by atoms with Gasteiger partial charge in [-0.05, 0) is 48.3 Å². The molecule has 1 aromatic rings. The maximum Gasteiger partial charge on any atom is 0.0567 e. The number of aromatic nitrogens is 1. The maximum atomic E-state index is 4.28. The van der Waals surface area contributed by atoms with E-state index in [-0.39, 0.29) is 0 Å². The van der Waals surface area contributed by atoms with Crippen LogP contribution in [0.25, 0.3) is 0 Å². The second-order valence-electron chi connectivity index (χ2n) is 5.15. The van der Waals surface area contributed by atoms with Crippen molar-refractivity contribution in [2.45, 2.75) is 31.8 Å². The van der Waals surface area contributed by atoms with Crippen molar-refractivity contribution in [3.05, 3.63) is 22.9 Å². The van der Waals surface area contributed by atoms with Crippen LogP contribution in [0.5, 0.6) is 0 Å². The summed E-state index contributed by atoms with van der Waals surface area (Å²) in [7, 11) is 0. The van der Waals surface area contributed by atoms with Crippen LogP contribution in [0.4, 0.5) is 5.69 Å². The molecule has 1 aromatic heterocycles. The summed E-state index contributed by atoms with van der Waals surface area (Å²) >= 11 is 3.51. The van der Waals surface area contributed by atoms with Gasteiger partial charge < -0.3 is 4.90 Å². The lowest BCUT2D eigenvalue weighted by atomic mass is 10.1. The van der Waals surface area contributed by atoms with Crippen molar-refractivity contribution in [3.63, 3.8) is 0 Å². The molecule has 0 saturated carbocycles. The summed E-state index contributed by atoms with van der Waals surface area (Å²) in [6, 6.07) is 3.51. The van der Waals surface area contributed by atoms with Crippen molar-refractivity contribution < 1.29 is 0 Å². The fourth-order valence-corrected chi connectivity index (χ4v) is 3.46. The average Bonchev–Trinajstić information content (AvgIpc) is 2.75. The molecule has 0 radical (unpaired) electrons. The fraction of sp³-hybridized carbons (Fsp3) is 0.615. The molecule has 3 heterocycles. The third-order valence-electron chi connectivity index (χ3n) is 3.96. The third-order valence-corrected chi connectivity index (χ3v) is 4.39. The zero-order valence-electron chi connectivity index (χ0n) is 10.1. The summed E-state index contributed by atoms with van der Waals surface area (Å²) in [4.78, 5) is 9.43. The van der Waals surface area contributed by atoms with Gasteiger partial charge in [-0.25, -0.2) is 0 Å². The molecule has 3 rings (SSSR count). The number of rotatable bonds is 1. The molecule has 2 atom stereocenters. The smallest absolute Gasteiger partial charge is 0.0567 e. The lowest BCUT2D eigenvalue weighted by molar-refractivity contribution is 0.203. The third kappa shape index (κ3) is 2.20. The van der Waals surface area contributed by atoms with Crippen LogP contribution >= 0.6 is 15.9 Å². The van der Waals surface area contributed by atoms with Crippen LogP contribution in [-0.4, -0.2) is 41.6 Å². The van der Waals surface area contributed by atoms with E-state index in [4.69, 9.17) is 0 Å². The maximum absolute atomic E-state index is 4.28. The van der Waals surface area contributed by atoms with Crippen molar-refractivity contribution in [2.75, 3.05) is 24.5 Å². The Hall–Kier alpha value is -0.610. The summed E-state index contributed by atoms with van der Waals surface area (Å²) in [6.45, 7) is 5.95. The molecule has 2 saturated heterocycles. The van der Waals surface area contributed by atoms with E-state index in [9.17, 15) is 0 Å². The standard InChI is InChI=1S/C13H18BrN3/c1-10-8-16-4-2-3-12(16)9-17(10)13-5-11(14)6-15-7-13/h5-7,10,12H,2-4,8-9H2,1H3. The molecule has 2 aliphatic rings. The molecule has 0 aromatic carbocycles. The largest absolute Gasteiger partial charge is 0.365 e. The van der Waals surface area contributed by atoms with Crippen molar-refractivity contribution in [1.29, 1.82) is 0 Å². The number of fused-ring (bicyclic) bond motifs is 1. The first-order valence-electron chi connectivity index (χ1n) is 6.35. The van der Waals surface area contributed by atoms with E-state index in [1.807, 2.05) is 12.4 Å². The summed E-state index contributed by atoms with van der Waals surface area (Å²) in [5.74, 6) is 0. The highest BCUT2D eigenvalue weighted by Crippen LogP contribution is 2.29. The molecule has 17 heavy (non-hydrogen) atoms. The molecule has 0 N–H and O–H groups in total. The predicted octanol–water partition coefficient (Wildman–Crippen LogP) is 2.52. The predicted molar refractivity (Wildman–Crippen MR) is 73.3 cm³/mol. The van der Waals surface area contributed by atoms with Gasteiger partial charge in [-0.3, -0.25) is 9.88 Å². The summed E-state index contributed by atoms with van der Waals surface area (Å²) < 4.78 is 1.07. The van der Waals surface area contributed by atoms with Crippen molar-refractivity contribution >= 4 is 21.6 Å². The Morgan fingerprint density at radius 1 is 1.35 bits per heavy atom. The first-order chi connectivity index (χ1) is 8.24. The molecule has 3 nitrogen and oxygen atoms in total. The number of nitrogens with zero attached hydrogens (tertiary/aromatic N) is 3. The van der Waals surface area contributed by atoms with E-state index in [2.05, 4.69) is 43.7 Å². The van der Waals surface area contributed by atoms with Crippen LogP contribution < -0.4 is 4.90 Å². The van der Waals surface area contributed by atoms with Crippen LogP contribution in [-0.2, 0) is 0 Å². The van der Waals surface area contributed by atoms with Crippen LogP contribution in [0.3, 0.4) is 0 Å². The van der Waals surface area contributed by atoms with Gasteiger partial charge in [0.05, 0.1) is 11.9 Å². The molecule has 4 heteroatoms. The quantitative estimate of drug-likeness (QED) is 0.794. The number of halogens is 1. The van der Waals surface area contributed by atoms with E-state index in [0.717, 1.165) is 17.1 Å². The Balaban J connectivity index is 1.83. The Bertz CT molecular complexity index is 409. The van der Waals surface area contributed by atoms with E-state index in [1.165, 1.54) is 31.6 Å². The number of pyridine rings is 1. The molecule has 2 unspecified atom stereocenters. The molecular weight excluding hydrogens is 278 g/mol. The topological polar surface area (TPSA) is 19.4 Å². The van der Waals surface area contributed by atoms with Gasteiger partial charge in [0.2, 0.25) is 0 Å². The fourth-order valence-electron chi connectivity index (χ4n) is 3.10. The van der Waals surface area contributed by atoms with Gasteiger partial charge in [0, 0.05) is 35.8 Å². The van der Waals surface area contributed by atoms with Gasteiger partial charge >= 0.3 is 0 Å². The normalized spacial score (nSPS) is 29.4. The van der Waals surface area contributed by atoms with Crippen molar-refractivity contribution in [3.8, 4) is 0 Å². The minimum atomic E-state index is 0.584. The number of anilines is 1. The van der Waals surface area contributed by atoms with Gasteiger partial charge in [-0.15, -0.1) is 0 Å². The van der Waals surface area contributed by atoms with E-state index < -0.39 is 0 Å². The first-order valence-corrected chi connectivity index (χ1v) is 7.14. The van der Waals surface area contributed by atoms with Crippen LogP contribution in [0.1, 0.15) is 19.8 Å². The molecular formula is C13H18BrN3. The molecule has 0 amide bonds. The van der Waals surface area contributed by atoms with Gasteiger partial charge in [-0.1, -0.05) is 0 Å². The zero-order chi connectivity index (χ0) is 11.8. The Kier molecular flexibility index (Phi) is 3.09. The minimum Gasteiger partial charge on any atom is -0.365 e. The van der Waals surface area contributed by atoms with Crippen LogP contribution in [0, 0.1) is 0 Å². The van der Waals surface area contributed by atoms with Gasteiger partial charge in [0.15, 0.2) is 0 Å². The van der Waals surface area contributed by atoms with Crippen LogP contribution in [0.2, 0.25) is 0 Å². The highest BCUT2D eigenvalue weighted by molar-refractivity contribution is 9.10. The average molecular weight is 296 g/mol. The molecule has 2 aliphatic heterocycles. The molecule has 0 bridgehead atoms.